The van der Waals surface area contributed by atoms with Gasteiger partial charge in [0.2, 0.25) is 0 Å². The number of aliphatic hydroxyl groups is 1. The molecule has 0 aromatic rings. The van der Waals surface area contributed by atoms with Crippen molar-refractivity contribution in [2.45, 2.75) is 322 Å². The standard InChI is InChI=1S/C56H108O5/c1-3-5-7-9-11-13-15-17-19-21-23-24-25-26-27-28-29-30-31-33-34-36-38-40-42-44-46-48-50-55(58)60-53-54(52-57)61-56(59)51-49-47-45-43-41-39-37-35-32-22-20-18-16-14-12-10-8-6-4-2/h18,20,54,57H,3-17,19,21-53H2,1-2H3/b20-18-. The highest BCUT2D eigenvalue weighted by Crippen LogP contribution is 2.18. The largest absolute Gasteiger partial charge is 0.462 e. The number of rotatable bonds is 52. The zero-order valence-corrected chi connectivity index (χ0v) is 41.5. The van der Waals surface area contributed by atoms with Crippen LogP contribution in [0.5, 0.6) is 0 Å². The quantitative estimate of drug-likeness (QED) is 0.0375. The average molecular weight is 861 g/mol. The van der Waals surface area contributed by atoms with E-state index in [-0.39, 0.29) is 25.2 Å². The van der Waals surface area contributed by atoms with Crippen molar-refractivity contribution in [2.75, 3.05) is 13.2 Å². The molecule has 0 rings (SSSR count). The summed E-state index contributed by atoms with van der Waals surface area (Å²) < 4.78 is 10.7. The third kappa shape index (κ3) is 51.2. The fourth-order valence-electron chi connectivity index (χ4n) is 8.61. The van der Waals surface area contributed by atoms with Crippen LogP contribution < -0.4 is 0 Å². The van der Waals surface area contributed by atoms with Gasteiger partial charge in [-0.2, -0.15) is 0 Å². The van der Waals surface area contributed by atoms with Gasteiger partial charge in [0.25, 0.3) is 0 Å². The highest BCUT2D eigenvalue weighted by molar-refractivity contribution is 5.70. The molecule has 0 aromatic carbocycles. The molecule has 362 valence electrons. The van der Waals surface area contributed by atoms with Crippen LogP contribution in [-0.2, 0) is 19.1 Å². The van der Waals surface area contributed by atoms with Gasteiger partial charge in [0.1, 0.15) is 6.61 Å². The van der Waals surface area contributed by atoms with Crippen LogP contribution in [0.1, 0.15) is 316 Å². The highest BCUT2D eigenvalue weighted by Gasteiger charge is 2.16. The smallest absolute Gasteiger partial charge is 0.306 e. The van der Waals surface area contributed by atoms with Crippen molar-refractivity contribution in [1.82, 2.24) is 0 Å². The van der Waals surface area contributed by atoms with E-state index >= 15 is 0 Å². The summed E-state index contributed by atoms with van der Waals surface area (Å²) in [4.78, 5) is 24.5. The number of unbranched alkanes of at least 4 members (excludes halogenated alkanes) is 42. The first-order valence-corrected chi connectivity index (χ1v) is 27.7. The Morgan fingerprint density at radius 1 is 0.361 bits per heavy atom. The van der Waals surface area contributed by atoms with Crippen LogP contribution in [0, 0.1) is 0 Å². The average Bonchev–Trinajstić information content (AvgIpc) is 3.26. The Morgan fingerprint density at radius 3 is 0.885 bits per heavy atom. The zero-order valence-electron chi connectivity index (χ0n) is 41.5. The first kappa shape index (κ1) is 59.6. The first-order valence-electron chi connectivity index (χ1n) is 27.7. The van der Waals surface area contributed by atoms with Crippen molar-refractivity contribution in [3.05, 3.63) is 12.2 Å². The Morgan fingerprint density at radius 2 is 0.607 bits per heavy atom. The molecule has 1 atom stereocenters. The lowest BCUT2D eigenvalue weighted by Gasteiger charge is -2.15. The minimum Gasteiger partial charge on any atom is -0.462 e. The van der Waals surface area contributed by atoms with Crippen molar-refractivity contribution in [3.8, 4) is 0 Å². The normalized spacial score (nSPS) is 12.1. The monoisotopic (exact) mass is 861 g/mol. The number of esters is 2. The SMILES string of the molecule is CCCCCCCC/C=C\CCCCCCCCCCCC(=O)OC(CO)COC(=O)CCCCCCCCCCCCCCCCCCCCCCCCCCCCCC. The number of hydrogen-bond donors (Lipinski definition) is 1. The summed E-state index contributed by atoms with van der Waals surface area (Å²) in [5.74, 6) is -0.572. The fraction of sp³-hybridized carbons (Fsp3) is 0.929. The molecule has 5 nitrogen and oxygen atoms in total. The molecule has 1 unspecified atom stereocenters. The van der Waals surface area contributed by atoms with Crippen LogP contribution in [0.2, 0.25) is 0 Å². The van der Waals surface area contributed by atoms with Crippen LogP contribution in [-0.4, -0.2) is 36.4 Å². The van der Waals surface area contributed by atoms with Gasteiger partial charge in [-0.15, -0.1) is 0 Å². The number of hydrogen-bond acceptors (Lipinski definition) is 5. The summed E-state index contributed by atoms with van der Waals surface area (Å²) >= 11 is 0. The van der Waals surface area contributed by atoms with Crippen molar-refractivity contribution >= 4 is 11.9 Å². The highest BCUT2D eigenvalue weighted by atomic mass is 16.6. The molecule has 5 heteroatoms. The lowest BCUT2D eigenvalue weighted by molar-refractivity contribution is -0.161. The number of allylic oxidation sites excluding steroid dienone is 2. The molecule has 0 aliphatic carbocycles. The molecule has 0 aromatic heterocycles. The Bertz CT molecular complexity index is 886. The van der Waals surface area contributed by atoms with Crippen molar-refractivity contribution in [3.63, 3.8) is 0 Å². The Hall–Kier alpha value is -1.36. The second-order valence-electron chi connectivity index (χ2n) is 19.0. The number of carbonyl (C=O) groups is 2. The molecule has 0 fully saturated rings. The minimum atomic E-state index is -0.768. The third-order valence-corrected chi connectivity index (χ3v) is 12.8. The van der Waals surface area contributed by atoms with Gasteiger partial charge in [0.05, 0.1) is 6.61 Å². The van der Waals surface area contributed by atoms with Gasteiger partial charge >= 0.3 is 11.9 Å². The maximum Gasteiger partial charge on any atom is 0.306 e. The summed E-state index contributed by atoms with van der Waals surface area (Å²) in [7, 11) is 0. The molecule has 0 aliphatic rings. The molecular formula is C56H108O5. The number of aliphatic hydroxyl groups excluding tert-OH is 1. The molecule has 0 heterocycles. The van der Waals surface area contributed by atoms with Crippen molar-refractivity contribution in [2.24, 2.45) is 0 Å². The summed E-state index contributed by atoms with van der Waals surface area (Å²) in [6.45, 7) is 4.19. The fourth-order valence-corrected chi connectivity index (χ4v) is 8.61. The second kappa shape index (κ2) is 53.0. The summed E-state index contributed by atoms with van der Waals surface area (Å²) in [5.41, 5.74) is 0. The molecule has 61 heavy (non-hydrogen) atoms. The molecule has 0 saturated heterocycles. The van der Waals surface area contributed by atoms with E-state index in [2.05, 4.69) is 26.0 Å². The van der Waals surface area contributed by atoms with Crippen molar-refractivity contribution in [1.29, 1.82) is 0 Å². The Labute approximate surface area is 381 Å². The van der Waals surface area contributed by atoms with E-state index in [1.165, 1.54) is 257 Å². The maximum atomic E-state index is 12.3. The Balaban J connectivity index is 3.40. The van der Waals surface area contributed by atoms with Gasteiger partial charge in [-0.25, -0.2) is 0 Å². The van der Waals surface area contributed by atoms with Crippen LogP contribution >= 0.6 is 0 Å². The van der Waals surface area contributed by atoms with E-state index in [0.29, 0.717) is 12.8 Å². The van der Waals surface area contributed by atoms with E-state index in [1.54, 1.807) is 0 Å². The topological polar surface area (TPSA) is 72.8 Å². The van der Waals surface area contributed by atoms with Gasteiger partial charge in [-0.3, -0.25) is 9.59 Å². The van der Waals surface area contributed by atoms with E-state index < -0.39 is 6.10 Å². The lowest BCUT2D eigenvalue weighted by Crippen LogP contribution is -2.28. The first-order chi connectivity index (χ1) is 30.1. The van der Waals surface area contributed by atoms with E-state index in [4.69, 9.17) is 9.47 Å². The molecule has 0 aliphatic heterocycles. The number of carbonyl (C=O) groups excluding carboxylic acids is 2. The van der Waals surface area contributed by atoms with Gasteiger partial charge in [0.15, 0.2) is 6.10 Å². The second-order valence-corrected chi connectivity index (χ2v) is 19.0. The van der Waals surface area contributed by atoms with E-state index in [0.717, 1.165) is 32.1 Å². The molecule has 1 N–H and O–H groups in total. The van der Waals surface area contributed by atoms with Gasteiger partial charge in [-0.1, -0.05) is 276 Å². The number of ether oxygens (including phenoxy) is 2. The predicted octanol–water partition coefficient (Wildman–Crippen LogP) is 18.4. The van der Waals surface area contributed by atoms with Crippen LogP contribution in [0.4, 0.5) is 0 Å². The molecule has 0 spiro atoms. The van der Waals surface area contributed by atoms with E-state index in [1.807, 2.05) is 0 Å². The molecule has 0 radical (unpaired) electrons. The molecule has 0 bridgehead atoms. The summed E-state index contributed by atoms with van der Waals surface area (Å²) in [6, 6.07) is 0. The van der Waals surface area contributed by atoms with Crippen LogP contribution in [0.3, 0.4) is 0 Å². The predicted molar refractivity (Wildman–Crippen MR) is 265 cm³/mol. The van der Waals surface area contributed by atoms with Gasteiger partial charge < -0.3 is 14.6 Å². The maximum absolute atomic E-state index is 12.3. The van der Waals surface area contributed by atoms with Crippen molar-refractivity contribution < 1.29 is 24.2 Å². The van der Waals surface area contributed by atoms with Crippen LogP contribution in [0.25, 0.3) is 0 Å². The minimum absolute atomic E-state index is 0.0594. The zero-order chi connectivity index (χ0) is 44.2. The van der Waals surface area contributed by atoms with Gasteiger partial charge in [0, 0.05) is 12.8 Å². The lowest BCUT2D eigenvalue weighted by atomic mass is 10.0. The summed E-state index contributed by atoms with van der Waals surface area (Å²) in [6.07, 6.45) is 64.7. The molecule has 0 saturated carbocycles. The van der Waals surface area contributed by atoms with E-state index in [9.17, 15) is 14.7 Å². The Kier molecular flexibility index (Phi) is 51.8. The summed E-state index contributed by atoms with van der Waals surface area (Å²) in [5, 5.41) is 9.64. The van der Waals surface area contributed by atoms with Crippen LogP contribution in [0.15, 0.2) is 12.2 Å². The molecule has 0 amide bonds. The van der Waals surface area contributed by atoms with Gasteiger partial charge in [-0.05, 0) is 38.5 Å². The molecular weight excluding hydrogens is 753 g/mol. The third-order valence-electron chi connectivity index (χ3n) is 12.8.